The van der Waals surface area contributed by atoms with Crippen LogP contribution in [0.2, 0.25) is 0 Å². The highest BCUT2D eigenvalue weighted by Crippen LogP contribution is 2.34. The maximum atomic E-state index is 13.3. The second-order valence-corrected chi connectivity index (χ2v) is 5.79. The number of alkyl halides is 3. The SMILES string of the molecule is CCN1CCN(Cc2ccc(NC(=O)CO)cc2C(F)(F)F)CC1. The van der Waals surface area contributed by atoms with E-state index in [9.17, 15) is 18.0 Å². The number of nitrogens with one attached hydrogen (secondary N) is 1. The molecule has 0 unspecified atom stereocenters. The molecule has 134 valence electrons. The summed E-state index contributed by atoms with van der Waals surface area (Å²) in [7, 11) is 0. The average molecular weight is 345 g/mol. The van der Waals surface area contributed by atoms with E-state index in [-0.39, 0.29) is 17.8 Å². The molecule has 24 heavy (non-hydrogen) atoms. The summed E-state index contributed by atoms with van der Waals surface area (Å²) in [6, 6.07) is 3.74. The standard InChI is InChI=1S/C16H22F3N3O2/c1-2-21-5-7-22(8-6-21)10-12-3-4-13(20-15(24)11-23)9-14(12)16(17,18)19/h3-4,9,23H,2,5-8,10-11H2,1H3,(H,20,24). The maximum Gasteiger partial charge on any atom is 0.416 e. The lowest BCUT2D eigenvalue weighted by Crippen LogP contribution is -2.45. The normalized spacial score (nSPS) is 17.0. The Hall–Kier alpha value is -1.64. The second-order valence-electron chi connectivity index (χ2n) is 5.79. The molecule has 5 nitrogen and oxygen atoms in total. The molecule has 8 heteroatoms. The van der Waals surface area contributed by atoms with E-state index in [1.165, 1.54) is 12.1 Å². The van der Waals surface area contributed by atoms with E-state index < -0.39 is 24.3 Å². The molecule has 0 aliphatic carbocycles. The van der Waals surface area contributed by atoms with Crippen molar-refractivity contribution in [3.63, 3.8) is 0 Å². The van der Waals surface area contributed by atoms with E-state index >= 15 is 0 Å². The Morgan fingerprint density at radius 3 is 2.38 bits per heavy atom. The molecule has 0 aromatic heterocycles. The van der Waals surface area contributed by atoms with Gasteiger partial charge in [0.15, 0.2) is 0 Å². The number of anilines is 1. The van der Waals surface area contributed by atoms with E-state index in [4.69, 9.17) is 5.11 Å². The fourth-order valence-corrected chi connectivity index (χ4v) is 2.76. The average Bonchev–Trinajstić information content (AvgIpc) is 2.55. The third-order valence-corrected chi connectivity index (χ3v) is 4.15. The van der Waals surface area contributed by atoms with Gasteiger partial charge in [-0.25, -0.2) is 0 Å². The Balaban J connectivity index is 2.15. The van der Waals surface area contributed by atoms with Crippen LogP contribution in [0.1, 0.15) is 18.1 Å². The summed E-state index contributed by atoms with van der Waals surface area (Å²) in [5.41, 5.74) is -0.536. The number of aliphatic hydroxyl groups is 1. The van der Waals surface area contributed by atoms with Gasteiger partial charge in [-0.2, -0.15) is 13.2 Å². The van der Waals surface area contributed by atoms with Gasteiger partial charge in [0.05, 0.1) is 5.56 Å². The van der Waals surface area contributed by atoms with Gasteiger partial charge >= 0.3 is 6.18 Å². The largest absolute Gasteiger partial charge is 0.416 e. The number of nitrogens with zero attached hydrogens (tertiary/aromatic N) is 2. The Kier molecular flexibility index (Phi) is 6.20. The van der Waals surface area contributed by atoms with Crippen molar-refractivity contribution in [1.29, 1.82) is 0 Å². The van der Waals surface area contributed by atoms with Gasteiger partial charge in [0, 0.05) is 38.4 Å². The minimum absolute atomic E-state index is 0.0286. The quantitative estimate of drug-likeness (QED) is 0.854. The van der Waals surface area contributed by atoms with Crippen molar-refractivity contribution in [1.82, 2.24) is 9.80 Å². The molecule has 0 radical (unpaired) electrons. The lowest BCUT2D eigenvalue weighted by Gasteiger charge is -2.34. The minimum atomic E-state index is -4.50. The van der Waals surface area contributed by atoms with Gasteiger partial charge in [0.25, 0.3) is 0 Å². The van der Waals surface area contributed by atoms with Crippen LogP contribution >= 0.6 is 0 Å². The van der Waals surface area contributed by atoms with Crippen LogP contribution in [0.4, 0.5) is 18.9 Å². The molecule has 1 heterocycles. The molecular weight excluding hydrogens is 323 g/mol. The molecule has 2 rings (SSSR count). The molecule has 1 amide bonds. The Bertz CT molecular complexity index is 570. The Morgan fingerprint density at radius 1 is 1.21 bits per heavy atom. The summed E-state index contributed by atoms with van der Waals surface area (Å²) in [6.45, 7) is 5.62. The lowest BCUT2D eigenvalue weighted by molar-refractivity contribution is -0.138. The highest BCUT2D eigenvalue weighted by atomic mass is 19.4. The first-order valence-corrected chi connectivity index (χ1v) is 7.89. The summed E-state index contributed by atoms with van der Waals surface area (Å²) in [5, 5.41) is 10.9. The maximum absolute atomic E-state index is 13.3. The van der Waals surface area contributed by atoms with Crippen molar-refractivity contribution in [2.45, 2.75) is 19.6 Å². The number of hydrogen-bond donors (Lipinski definition) is 2. The van der Waals surface area contributed by atoms with Gasteiger partial charge in [-0.3, -0.25) is 9.69 Å². The number of likely N-dealkylation sites (N-methyl/N-ethyl adjacent to an activating group) is 1. The molecule has 1 fully saturated rings. The number of aliphatic hydroxyl groups excluding tert-OH is 1. The van der Waals surface area contributed by atoms with Crippen LogP contribution < -0.4 is 5.32 Å². The van der Waals surface area contributed by atoms with Crippen molar-refractivity contribution in [2.24, 2.45) is 0 Å². The Labute approximate surface area is 139 Å². The van der Waals surface area contributed by atoms with E-state index in [1.54, 1.807) is 0 Å². The summed E-state index contributed by atoms with van der Waals surface area (Å²) in [6.07, 6.45) is -4.50. The number of piperazine rings is 1. The van der Waals surface area contributed by atoms with Crippen molar-refractivity contribution in [2.75, 3.05) is 44.6 Å². The van der Waals surface area contributed by atoms with Gasteiger partial charge in [0.2, 0.25) is 5.91 Å². The van der Waals surface area contributed by atoms with Crippen LogP contribution in [0.25, 0.3) is 0 Å². The van der Waals surface area contributed by atoms with Gasteiger partial charge in [-0.1, -0.05) is 13.0 Å². The number of amides is 1. The van der Waals surface area contributed by atoms with Gasteiger partial charge < -0.3 is 15.3 Å². The molecule has 1 aliphatic rings. The summed E-state index contributed by atoms with van der Waals surface area (Å²) in [5.74, 6) is -0.744. The summed E-state index contributed by atoms with van der Waals surface area (Å²) < 4.78 is 40.0. The molecule has 0 spiro atoms. The zero-order valence-electron chi connectivity index (χ0n) is 13.6. The first kappa shape index (κ1) is 18.7. The number of halogens is 3. The number of carbonyl (C=O) groups excluding carboxylic acids is 1. The smallest absolute Gasteiger partial charge is 0.387 e. The first-order valence-electron chi connectivity index (χ1n) is 7.89. The van der Waals surface area contributed by atoms with Crippen LogP contribution in [0, 0.1) is 0 Å². The number of carbonyl (C=O) groups is 1. The van der Waals surface area contributed by atoms with Crippen molar-refractivity contribution in [3.8, 4) is 0 Å². The van der Waals surface area contributed by atoms with E-state index in [0.29, 0.717) is 0 Å². The van der Waals surface area contributed by atoms with Gasteiger partial charge in [-0.05, 0) is 24.2 Å². The molecule has 1 aromatic rings. The number of rotatable bonds is 5. The van der Waals surface area contributed by atoms with E-state index in [0.717, 1.165) is 38.8 Å². The molecule has 0 atom stereocenters. The zero-order valence-corrected chi connectivity index (χ0v) is 13.6. The van der Waals surface area contributed by atoms with Crippen LogP contribution in [0.3, 0.4) is 0 Å². The highest BCUT2D eigenvalue weighted by molar-refractivity contribution is 5.91. The van der Waals surface area contributed by atoms with Crippen LogP contribution in [-0.4, -0.2) is 60.1 Å². The molecule has 0 saturated carbocycles. The minimum Gasteiger partial charge on any atom is -0.387 e. The fraction of sp³-hybridized carbons (Fsp3) is 0.562. The lowest BCUT2D eigenvalue weighted by atomic mass is 10.0. The number of benzene rings is 1. The third-order valence-electron chi connectivity index (χ3n) is 4.15. The molecule has 1 aliphatic heterocycles. The predicted molar refractivity (Wildman–Crippen MR) is 84.6 cm³/mol. The molecule has 2 N–H and O–H groups in total. The zero-order chi connectivity index (χ0) is 17.7. The molecular formula is C16H22F3N3O2. The number of hydrogen-bond acceptors (Lipinski definition) is 4. The second kappa shape index (κ2) is 7.96. The van der Waals surface area contributed by atoms with E-state index in [1.807, 2.05) is 4.90 Å². The topological polar surface area (TPSA) is 55.8 Å². The van der Waals surface area contributed by atoms with E-state index in [2.05, 4.69) is 17.1 Å². The molecule has 1 saturated heterocycles. The first-order chi connectivity index (χ1) is 11.3. The molecule has 1 aromatic carbocycles. The monoisotopic (exact) mass is 345 g/mol. The van der Waals surface area contributed by atoms with Gasteiger partial charge in [0.1, 0.15) is 6.61 Å². The van der Waals surface area contributed by atoms with Crippen molar-refractivity contribution >= 4 is 11.6 Å². The fourth-order valence-electron chi connectivity index (χ4n) is 2.76. The van der Waals surface area contributed by atoms with Crippen LogP contribution in [0.15, 0.2) is 18.2 Å². The third kappa shape index (κ3) is 4.93. The molecule has 0 bridgehead atoms. The van der Waals surface area contributed by atoms with Gasteiger partial charge in [-0.15, -0.1) is 0 Å². The van der Waals surface area contributed by atoms with Crippen molar-refractivity contribution < 1.29 is 23.1 Å². The Morgan fingerprint density at radius 2 is 1.83 bits per heavy atom. The van der Waals surface area contributed by atoms with Crippen molar-refractivity contribution in [3.05, 3.63) is 29.3 Å². The van der Waals surface area contributed by atoms with Crippen LogP contribution in [0.5, 0.6) is 0 Å². The predicted octanol–water partition coefficient (Wildman–Crippen LogP) is 1.77. The highest BCUT2D eigenvalue weighted by Gasteiger charge is 2.34. The summed E-state index contributed by atoms with van der Waals surface area (Å²) >= 11 is 0. The summed E-state index contributed by atoms with van der Waals surface area (Å²) in [4.78, 5) is 15.4. The van der Waals surface area contributed by atoms with Crippen LogP contribution in [-0.2, 0) is 17.5 Å².